The van der Waals surface area contributed by atoms with Crippen molar-refractivity contribution < 1.29 is 23.8 Å². The molecule has 0 atom stereocenters. The zero-order valence-electron chi connectivity index (χ0n) is 16.8. The lowest BCUT2D eigenvalue weighted by Crippen LogP contribution is -2.17. The maximum Gasteiger partial charge on any atom is 0.345 e. The SMILES string of the molecule is COc1cccc(C(=O)NN=Cc2ccc(OC(=O)c3ccccc3Cl)c(OC)c2)c1. The number of ether oxygens (including phenoxy) is 3. The summed E-state index contributed by atoms with van der Waals surface area (Å²) in [4.78, 5) is 24.6. The van der Waals surface area contributed by atoms with Gasteiger partial charge in [-0.05, 0) is 54.1 Å². The molecule has 1 N–H and O–H groups in total. The molecule has 8 heteroatoms. The number of hydrogen-bond acceptors (Lipinski definition) is 6. The monoisotopic (exact) mass is 438 g/mol. The molecule has 0 radical (unpaired) electrons. The molecule has 0 spiro atoms. The van der Waals surface area contributed by atoms with Crippen molar-refractivity contribution in [3.05, 3.63) is 88.4 Å². The smallest absolute Gasteiger partial charge is 0.345 e. The van der Waals surface area contributed by atoms with Gasteiger partial charge in [0.05, 0.1) is 31.0 Å². The molecule has 0 aliphatic carbocycles. The summed E-state index contributed by atoms with van der Waals surface area (Å²) in [5.41, 5.74) is 3.73. The Morgan fingerprint density at radius 1 is 0.935 bits per heavy atom. The minimum atomic E-state index is -0.601. The van der Waals surface area contributed by atoms with Crippen molar-refractivity contribution in [2.75, 3.05) is 14.2 Å². The molecule has 7 nitrogen and oxygen atoms in total. The van der Waals surface area contributed by atoms with Crippen LogP contribution in [0.3, 0.4) is 0 Å². The van der Waals surface area contributed by atoms with Crippen molar-refractivity contribution in [1.29, 1.82) is 0 Å². The Labute approximate surface area is 184 Å². The quantitative estimate of drug-likeness (QED) is 0.256. The Bertz CT molecular complexity index is 1130. The molecule has 1 amide bonds. The van der Waals surface area contributed by atoms with Gasteiger partial charge in [0, 0.05) is 5.56 Å². The van der Waals surface area contributed by atoms with E-state index in [1.165, 1.54) is 20.4 Å². The molecule has 3 rings (SSSR count). The molecule has 158 valence electrons. The Balaban J connectivity index is 1.68. The number of hydrazone groups is 1. The third kappa shape index (κ3) is 5.61. The molecule has 0 heterocycles. The average Bonchev–Trinajstić information content (AvgIpc) is 2.80. The van der Waals surface area contributed by atoms with Crippen LogP contribution in [-0.4, -0.2) is 32.3 Å². The summed E-state index contributed by atoms with van der Waals surface area (Å²) in [5.74, 6) is 0.139. The van der Waals surface area contributed by atoms with Gasteiger partial charge in [-0.1, -0.05) is 29.8 Å². The van der Waals surface area contributed by atoms with E-state index in [2.05, 4.69) is 10.5 Å². The largest absolute Gasteiger partial charge is 0.497 e. The number of carbonyl (C=O) groups excluding carboxylic acids is 2. The molecule has 0 saturated heterocycles. The van der Waals surface area contributed by atoms with Gasteiger partial charge in [-0.15, -0.1) is 0 Å². The van der Waals surface area contributed by atoms with Crippen LogP contribution in [0.5, 0.6) is 17.2 Å². The second-order valence-electron chi connectivity index (χ2n) is 6.21. The lowest BCUT2D eigenvalue weighted by Gasteiger charge is -2.10. The van der Waals surface area contributed by atoms with E-state index in [1.54, 1.807) is 66.7 Å². The van der Waals surface area contributed by atoms with Crippen LogP contribution in [-0.2, 0) is 0 Å². The van der Waals surface area contributed by atoms with Gasteiger partial charge in [0.25, 0.3) is 5.91 Å². The summed E-state index contributed by atoms with van der Waals surface area (Å²) in [6, 6.07) is 18.2. The topological polar surface area (TPSA) is 86.2 Å². The maximum atomic E-state index is 12.4. The second kappa shape index (κ2) is 10.3. The van der Waals surface area contributed by atoms with E-state index in [0.29, 0.717) is 27.6 Å². The summed E-state index contributed by atoms with van der Waals surface area (Å²) < 4.78 is 15.8. The summed E-state index contributed by atoms with van der Waals surface area (Å²) in [6.07, 6.45) is 1.44. The van der Waals surface area contributed by atoms with Crippen molar-refractivity contribution in [1.82, 2.24) is 5.43 Å². The van der Waals surface area contributed by atoms with Gasteiger partial charge in [-0.2, -0.15) is 5.10 Å². The van der Waals surface area contributed by atoms with E-state index in [9.17, 15) is 9.59 Å². The van der Waals surface area contributed by atoms with Crippen LogP contribution in [0.25, 0.3) is 0 Å². The number of amides is 1. The van der Waals surface area contributed by atoms with Gasteiger partial charge < -0.3 is 14.2 Å². The summed E-state index contributed by atoms with van der Waals surface area (Å²) >= 11 is 6.04. The fourth-order valence-electron chi connectivity index (χ4n) is 2.62. The van der Waals surface area contributed by atoms with Crippen LogP contribution in [0.4, 0.5) is 0 Å². The highest BCUT2D eigenvalue weighted by Crippen LogP contribution is 2.29. The predicted molar refractivity (Wildman–Crippen MR) is 117 cm³/mol. The third-order valence-electron chi connectivity index (χ3n) is 4.20. The first-order chi connectivity index (χ1) is 15.0. The highest BCUT2D eigenvalue weighted by Gasteiger charge is 2.15. The Hall–Kier alpha value is -3.84. The minimum Gasteiger partial charge on any atom is -0.497 e. The van der Waals surface area contributed by atoms with E-state index >= 15 is 0 Å². The summed E-state index contributed by atoms with van der Waals surface area (Å²) in [5, 5.41) is 4.25. The molecule has 0 bridgehead atoms. The van der Waals surface area contributed by atoms with Crippen LogP contribution in [0.15, 0.2) is 71.8 Å². The molecule has 0 saturated carbocycles. The van der Waals surface area contributed by atoms with E-state index < -0.39 is 5.97 Å². The standard InChI is InChI=1S/C23H19ClN2O5/c1-29-17-7-5-6-16(13-17)22(27)26-25-14-15-10-11-20(21(12-15)30-2)31-23(28)18-8-3-4-9-19(18)24/h3-14H,1-2H3,(H,26,27). The Morgan fingerprint density at radius 2 is 1.74 bits per heavy atom. The number of nitrogens with zero attached hydrogens (tertiary/aromatic N) is 1. The molecule has 0 aliphatic rings. The molecule has 0 aromatic heterocycles. The molecule has 31 heavy (non-hydrogen) atoms. The highest BCUT2D eigenvalue weighted by molar-refractivity contribution is 6.33. The fraction of sp³-hybridized carbons (Fsp3) is 0.0870. The normalized spacial score (nSPS) is 10.5. The number of esters is 1. The number of nitrogens with one attached hydrogen (secondary N) is 1. The molecule has 0 unspecified atom stereocenters. The minimum absolute atomic E-state index is 0.227. The van der Waals surface area contributed by atoms with Crippen LogP contribution in [0.2, 0.25) is 5.02 Å². The maximum absolute atomic E-state index is 12.4. The van der Waals surface area contributed by atoms with Crippen molar-refractivity contribution in [3.8, 4) is 17.2 Å². The number of rotatable bonds is 7. The van der Waals surface area contributed by atoms with Gasteiger partial charge in [0.1, 0.15) is 5.75 Å². The first-order valence-electron chi connectivity index (χ1n) is 9.14. The number of halogens is 1. The van der Waals surface area contributed by atoms with E-state index in [-0.39, 0.29) is 17.2 Å². The molecule has 3 aromatic carbocycles. The van der Waals surface area contributed by atoms with Crippen LogP contribution >= 0.6 is 11.6 Å². The number of benzene rings is 3. The molecule has 3 aromatic rings. The molecular weight excluding hydrogens is 420 g/mol. The lowest BCUT2D eigenvalue weighted by atomic mass is 10.2. The zero-order valence-corrected chi connectivity index (χ0v) is 17.6. The van der Waals surface area contributed by atoms with Crippen molar-refractivity contribution >= 4 is 29.7 Å². The fourth-order valence-corrected chi connectivity index (χ4v) is 2.84. The van der Waals surface area contributed by atoms with Crippen molar-refractivity contribution in [3.63, 3.8) is 0 Å². The third-order valence-corrected chi connectivity index (χ3v) is 4.53. The van der Waals surface area contributed by atoms with Gasteiger partial charge in [0.15, 0.2) is 11.5 Å². The summed E-state index contributed by atoms with van der Waals surface area (Å²) in [6.45, 7) is 0. The van der Waals surface area contributed by atoms with Gasteiger partial charge in [0.2, 0.25) is 0 Å². The Morgan fingerprint density at radius 3 is 2.48 bits per heavy atom. The van der Waals surface area contributed by atoms with E-state index in [0.717, 1.165) is 0 Å². The van der Waals surface area contributed by atoms with Gasteiger partial charge in [-0.3, -0.25) is 4.79 Å². The zero-order chi connectivity index (χ0) is 22.2. The first kappa shape index (κ1) is 21.9. The van der Waals surface area contributed by atoms with Crippen molar-refractivity contribution in [2.24, 2.45) is 5.10 Å². The Kier molecular flexibility index (Phi) is 7.24. The number of hydrogen-bond donors (Lipinski definition) is 1. The van der Waals surface area contributed by atoms with E-state index in [1.807, 2.05) is 0 Å². The van der Waals surface area contributed by atoms with Gasteiger partial charge >= 0.3 is 5.97 Å². The van der Waals surface area contributed by atoms with Gasteiger partial charge in [-0.25, -0.2) is 10.2 Å². The summed E-state index contributed by atoms with van der Waals surface area (Å²) in [7, 11) is 2.98. The van der Waals surface area contributed by atoms with Crippen LogP contribution in [0.1, 0.15) is 26.3 Å². The average molecular weight is 439 g/mol. The highest BCUT2D eigenvalue weighted by atomic mass is 35.5. The first-order valence-corrected chi connectivity index (χ1v) is 9.52. The number of methoxy groups -OCH3 is 2. The van der Waals surface area contributed by atoms with E-state index in [4.69, 9.17) is 25.8 Å². The van der Waals surface area contributed by atoms with Crippen LogP contribution < -0.4 is 19.6 Å². The number of carbonyl (C=O) groups is 2. The predicted octanol–water partition coefficient (Wildman–Crippen LogP) is 4.34. The molecule has 0 fully saturated rings. The molecule has 0 aliphatic heterocycles. The van der Waals surface area contributed by atoms with Crippen molar-refractivity contribution in [2.45, 2.75) is 0 Å². The lowest BCUT2D eigenvalue weighted by molar-refractivity contribution is 0.0729. The van der Waals surface area contributed by atoms with Crippen LogP contribution in [0, 0.1) is 0 Å². The molecular formula is C23H19ClN2O5. The second-order valence-corrected chi connectivity index (χ2v) is 6.62.